The fraction of sp³-hybridized carbons (Fsp3) is 0.294. The molecule has 134 valence electrons. The second kappa shape index (κ2) is 5.74. The first kappa shape index (κ1) is 17.8. The Balaban J connectivity index is 2.15. The van der Waals surface area contributed by atoms with Crippen molar-refractivity contribution in [3.8, 4) is 11.5 Å². The summed E-state index contributed by atoms with van der Waals surface area (Å²) in [7, 11) is -3.82. The van der Waals surface area contributed by atoms with Gasteiger partial charge in [-0.1, -0.05) is 0 Å². The average Bonchev–Trinajstić information content (AvgIpc) is 2.68. The molecule has 4 nitrogen and oxygen atoms in total. The molecular weight excluding hydrogens is 357 g/mol. The third-order valence-electron chi connectivity index (χ3n) is 4.00. The fourth-order valence-corrected chi connectivity index (χ4v) is 3.91. The van der Waals surface area contributed by atoms with Gasteiger partial charge in [-0.2, -0.15) is 0 Å². The van der Waals surface area contributed by atoms with E-state index in [1.165, 1.54) is 18.2 Å². The predicted molar refractivity (Wildman–Crippen MR) is 84.4 cm³/mol. The van der Waals surface area contributed by atoms with Crippen LogP contribution >= 0.6 is 0 Å². The molecule has 0 spiro atoms. The van der Waals surface area contributed by atoms with Crippen LogP contribution in [0.25, 0.3) is 0 Å². The molecule has 0 saturated heterocycles. The van der Waals surface area contributed by atoms with Gasteiger partial charge in [0.2, 0.25) is 0 Å². The van der Waals surface area contributed by atoms with Crippen molar-refractivity contribution in [1.82, 2.24) is 0 Å². The van der Waals surface area contributed by atoms with Crippen molar-refractivity contribution in [2.24, 2.45) is 0 Å². The summed E-state index contributed by atoms with van der Waals surface area (Å²) in [6.07, 6.45) is -2.23. The van der Waals surface area contributed by atoms with Gasteiger partial charge in [0, 0.05) is 29.9 Å². The summed E-state index contributed by atoms with van der Waals surface area (Å²) >= 11 is 0. The van der Waals surface area contributed by atoms with E-state index in [2.05, 4.69) is 0 Å². The van der Waals surface area contributed by atoms with Crippen LogP contribution in [0.15, 0.2) is 35.2 Å². The molecule has 0 fully saturated rings. The second-order valence-electron chi connectivity index (χ2n) is 6.13. The summed E-state index contributed by atoms with van der Waals surface area (Å²) in [5.41, 5.74) is 0.116. The average molecular weight is 372 g/mol. The SMILES string of the molecule is Cc1cc(F)cc(Oc2ccc(S(C)(=O)=O)c3c2CC(F)(F)[C@H]3O)c1. The Kier molecular flexibility index (Phi) is 4.08. The van der Waals surface area contributed by atoms with Gasteiger partial charge in [-0.25, -0.2) is 21.6 Å². The maximum Gasteiger partial charge on any atom is 0.281 e. The molecule has 8 heteroatoms. The molecule has 3 rings (SSSR count). The van der Waals surface area contributed by atoms with Gasteiger partial charge < -0.3 is 9.84 Å². The van der Waals surface area contributed by atoms with E-state index < -0.39 is 34.1 Å². The highest BCUT2D eigenvalue weighted by Crippen LogP contribution is 2.49. The zero-order valence-electron chi connectivity index (χ0n) is 13.4. The number of aliphatic hydroxyl groups excluding tert-OH is 1. The van der Waals surface area contributed by atoms with Gasteiger partial charge in [0.15, 0.2) is 9.84 Å². The summed E-state index contributed by atoms with van der Waals surface area (Å²) in [6, 6.07) is 6.24. The first-order chi connectivity index (χ1) is 11.5. The van der Waals surface area contributed by atoms with E-state index in [4.69, 9.17) is 4.74 Å². The van der Waals surface area contributed by atoms with Crippen LogP contribution in [0.5, 0.6) is 11.5 Å². The highest BCUT2D eigenvalue weighted by Gasteiger charge is 2.50. The number of alkyl halides is 2. The Morgan fingerprint density at radius 1 is 1.24 bits per heavy atom. The number of hydrogen-bond donors (Lipinski definition) is 1. The summed E-state index contributed by atoms with van der Waals surface area (Å²) < 4.78 is 70.7. The number of rotatable bonds is 3. The van der Waals surface area contributed by atoms with Crippen molar-refractivity contribution < 1.29 is 31.4 Å². The molecule has 0 heterocycles. The van der Waals surface area contributed by atoms with E-state index in [9.17, 15) is 26.7 Å². The van der Waals surface area contributed by atoms with Crippen molar-refractivity contribution >= 4 is 9.84 Å². The Hall–Kier alpha value is -2.06. The number of halogens is 3. The molecule has 2 aromatic carbocycles. The van der Waals surface area contributed by atoms with Crippen molar-refractivity contribution in [1.29, 1.82) is 0 Å². The number of ether oxygens (including phenoxy) is 1. The molecule has 1 aliphatic rings. The summed E-state index contributed by atoms with van der Waals surface area (Å²) in [4.78, 5) is -0.366. The lowest BCUT2D eigenvalue weighted by atomic mass is 10.1. The Morgan fingerprint density at radius 3 is 2.52 bits per heavy atom. The first-order valence-electron chi connectivity index (χ1n) is 7.36. The van der Waals surface area contributed by atoms with Crippen molar-refractivity contribution in [3.05, 3.63) is 52.8 Å². The zero-order valence-corrected chi connectivity index (χ0v) is 14.2. The van der Waals surface area contributed by atoms with Gasteiger partial charge in [0.25, 0.3) is 5.92 Å². The molecule has 0 aliphatic heterocycles. The molecule has 0 radical (unpaired) electrons. The lowest BCUT2D eigenvalue weighted by Crippen LogP contribution is -2.22. The number of benzene rings is 2. The van der Waals surface area contributed by atoms with Crippen LogP contribution in [0, 0.1) is 12.7 Å². The molecule has 0 bridgehead atoms. The Morgan fingerprint density at radius 2 is 1.92 bits per heavy atom. The highest BCUT2D eigenvalue weighted by atomic mass is 32.2. The predicted octanol–water partition coefficient (Wildman–Crippen LogP) is 3.55. The Labute approximate surface area is 142 Å². The van der Waals surface area contributed by atoms with E-state index in [-0.39, 0.29) is 27.5 Å². The standard InChI is InChI=1S/C17H15F3O4S/c1-9-5-10(18)7-11(6-9)24-13-3-4-14(25(2,22)23)15-12(13)8-17(19,20)16(15)21/h3-7,16,21H,8H2,1-2H3/t16-/m0/s1. The number of sulfone groups is 1. The third-order valence-corrected chi connectivity index (χ3v) is 5.16. The molecule has 1 N–H and O–H groups in total. The van der Waals surface area contributed by atoms with Gasteiger partial charge >= 0.3 is 0 Å². The molecule has 25 heavy (non-hydrogen) atoms. The van der Waals surface area contributed by atoms with Gasteiger partial charge in [0.1, 0.15) is 23.4 Å². The number of fused-ring (bicyclic) bond motifs is 1. The minimum Gasteiger partial charge on any atom is -0.457 e. The minimum absolute atomic E-state index is 0.0383. The lowest BCUT2D eigenvalue weighted by molar-refractivity contribution is -0.0976. The minimum atomic E-state index is -3.82. The van der Waals surface area contributed by atoms with Crippen molar-refractivity contribution in [2.45, 2.75) is 30.3 Å². The monoisotopic (exact) mass is 372 g/mol. The zero-order chi connectivity index (χ0) is 18.6. The molecule has 0 saturated carbocycles. The molecule has 0 amide bonds. The third kappa shape index (κ3) is 3.23. The van der Waals surface area contributed by atoms with Gasteiger partial charge in [-0.15, -0.1) is 0 Å². The lowest BCUT2D eigenvalue weighted by Gasteiger charge is -2.15. The maximum atomic E-state index is 14.0. The topological polar surface area (TPSA) is 63.6 Å². The molecule has 1 aliphatic carbocycles. The van der Waals surface area contributed by atoms with Crippen molar-refractivity contribution in [3.63, 3.8) is 0 Å². The number of aliphatic hydroxyl groups is 1. The van der Waals surface area contributed by atoms with Crippen LogP contribution in [-0.2, 0) is 16.3 Å². The fourth-order valence-electron chi connectivity index (χ4n) is 2.96. The smallest absolute Gasteiger partial charge is 0.281 e. The van der Waals surface area contributed by atoms with Crippen LogP contribution in [0.2, 0.25) is 0 Å². The van der Waals surface area contributed by atoms with E-state index in [1.54, 1.807) is 6.92 Å². The maximum absolute atomic E-state index is 14.0. The normalized spacial score (nSPS) is 18.9. The van der Waals surface area contributed by atoms with E-state index in [0.29, 0.717) is 5.56 Å². The molecule has 1 atom stereocenters. The molecule has 0 aromatic heterocycles. The Bertz CT molecular complexity index is 934. The van der Waals surface area contributed by atoms with E-state index >= 15 is 0 Å². The first-order valence-corrected chi connectivity index (χ1v) is 9.25. The summed E-state index contributed by atoms with van der Waals surface area (Å²) in [5.74, 6) is -4.01. The molecule has 0 unspecified atom stereocenters. The largest absolute Gasteiger partial charge is 0.457 e. The summed E-state index contributed by atoms with van der Waals surface area (Å²) in [6.45, 7) is 1.64. The quantitative estimate of drug-likeness (QED) is 0.895. The van der Waals surface area contributed by atoms with Crippen LogP contribution in [-0.4, -0.2) is 25.7 Å². The molecular formula is C17H15F3O4S. The highest BCUT2D eigenvalue weighted by molar-refractivity contribution is 7.90. The van der Waals surface area contributed by atoms with Crippen LogP contribution in [0.3, 0.4) is 0 Å². The van der Waals surface area contributed by atoms with Crippen LogP contribution in [0.1, 0.15) is 22.8 Å². The van der Waals surface area contributed by atoms with Crippen molar-refractivity contribution in [2.75, 3.05) is 6.26 Å². The number of aryl methyl sites for hydroxylation is 1. The second-order valence-corrected chi connectivity index (χ2v) is 8.12. The van der Waals surface area contributed by atoms with E-state index in [0.717, 1.165) is 18.4 Å². The number of hydrogen-bond acceptors (Lipinski definition) is 4. The van der Waals surface area contributed by atoms with Crippen LogP contribution in [0.4, 0.5) is 13.2 Å². The van der Waals surface area contributed by atoms with Gasteiger partial charge in [-0.05, 0) is 36.8 Å². The van der Waals surface area contributed by atoms with Crippen LogP contribution < -0.4 is 4.74 Å². The van der Waals surface area contributed by atoms with Gasteiger partial charge in [-0.3, -0.25) is 0 Å². The molecule has 2 aromatic rings. The summed E-state index contributed by atoms with van der Waals surface area (Å²) in [5, 5.41) is 9.90. The van der Waals surface area contributed by atoms with Gasteiger partial charge in [0.05, 0.1) is 4.90 Å². The van der Waals surface area contributed by atoms with E-state index in [1.807, 2.05) is 0 Å².